The molecule has 10 nitrogen and oxygen atoms in total. The van der Waals surface area contributed by atoms with Crippen LogP contribution in [-0.2, 0) is 19.2 Å². The van der Waals surface area contributed by atoms with E-state index in [4.69, 9.17) is 4.74 Å². The van der Waals surface area contributed by atoms with Gasteiger partial charge >= 0.3 is 0 Å². The summed E-state index contributed by atoms with van der Waals surface area (Å²) in [6, 6.07) is 17.9. The Kier molecular flexibility index (Phi) is 8.34. The number of ether oxygens (including phenoxy) is 1. The van der Waals surface area contributed by atoms with Crippen LogP contribution in [0.2, 0.25) is 0 Å². The van der Waals surface area contributed by atoms with Gasteiger partial charge in [0.1, 0.15) is 0 Å². The zero-order valence-electron chi connectivity index (χ0n) is 27.3. The number of phenols is 1. The molecule has 0 aromatic heterocycles. The lowest BCUT2D eigenvalue weighted by molar-refractivity contribution is -0.123. The Bertz CT molecular complexity index is 2060. The number of Topliss-reactive ketones (excluding diaryl/α,β-unsaturated/α-hetero) is 1. The van der Waals surface area contributed by atoms with E-state index in [0.717, 1.165) is 11.3 Å². The molecule has 1 N–H and O–H groups in total. The number of methoxy groups -OCH3 is 1. The van der Waals surface area contributed by atoms with Gasteiger partial charge in [-0.3, -0.25) is 24.1 Å². The van der Waals surface area contributed by atoms with Crippen LogP contribution in [0, 0.1) is 21.3 Å². The predicted octanol–water partition coefficient (Wildman–Crippen LogP) is 7.12. The molecule has 0 saturated carbocycles. The average Bonchev–Trinajstić information content (AvgIpc) is 3.36. The molecule has 1 saturated heterocycles. The quantitative estimate of drug-likeness (QED) is 0.0930. The lowest BCUT2D eigenvalue weighted by Gasteiger charge is -2.42. The highest BCUT2D eigenvalue weighted by Gasteiger charge is 2.56. The van der Waals surface area contributed by atoms with Crippen molar-refractivity contribution < 1.29 is 29.0 Å². The van der Waals surface area contributed by atoms with Gasteiger partial charge in [-0.2, -0.15) is 10.2 Å². The van der Waals surface area contributed by atoms with Crippen LogP contribution in [0.4, 0.5) is 22.7 Å². The van der Waals surface area contributed by atoms with Crippen molar-refractivity contribution in [1.82, 2.24) is 0 Å². The van der Waals surface area contributed by atoms with Crippen molar-refractivity contribution in [2.45, 2.75) is 25.7 Å². The number of hydrogen-bond acceptors (Lipinski definition) is 9. The largest absolute Gasteiger partial charge is 0.504 e. The average molecular weight is 769 g/mol. The summed E-state index contributed by atoms with van der Waals surface area (Å²) >= 11 is 2.01. The summed E-state index contributed by atoms with van der Waals surface area (Å²) in [5.74, 6) is -3.31. The van der Waals surface area contributed by atoms with Crippen molar-refractivity contribution in [2.24, 2.45) is 28.0 Å². The Balaban J connectivity index is 1.21. The van der Waals surface area contributed by atoms with Gasteiger partial charge in [0.2, 0.25) is 11.8 Å². The molecule has 11 heteroatoms. The molecule has 3 aliphatic carbocycles. The number of allylic oxidation sites excluding steroid dienone is 6. The molecule has 0 spiro atoms. The molecular formula is C38H33IN4O6. The van der Waals surface area contributed by atoms with Crippen LogP contribution >= 0.6 is 22.6 Å². The van der Waals surface area contributed by atoms with E-state index in [9.17, 15) is 24.3 Å². The van der Waals surface area contributed by atoms with E-state index >= 15 is 0 Å². The van der Waals surface area contributed by atoms with Gasteiger partial charge in [0.15, 0.2) is 23.1 Å². The van der Waals surface area contributed by atoms with Crippen LogP contribution in [0.5, 0.6) is 11.5 Å². The van der Waals surface area contributed by atoms with Gasteiger partial charge in [-0.1, -0.05) is 11.6 Å². The Morgan fingerprint density at radius 3 is 2.20 bits per heavy atom. The highest BCUT2D eigenvalue weighted by atomic mass is 127. The summed E-state index contributed by atoms with van der Waals surface area (Å²) in [4.78, 5) is 58.6. The van der Waals surface area contributed by atoms with Gasteiger partial charge in [0.25, 0.3) is 0 Å². The Morgan fingerprint density at radius 1 is 0.918 bits per heavy atom. The first-order valence-corrected chi connectivity index (χ1v) is 17.0. The van der Waals surface area contributed by atoms with Crippen molar-refractivity contribution in [2.75, 3.05) is 31.0 Å². The maximum atomic E-state index is 14.3. The van der Waals surface area contributed by atoms with E-state index in [1.807, 2.05) is 71.9 Å². The summed E-state index contributed by atoms with van der Waals surface area (Å²) < 4.78 is 5.97. The van der Waals surface area contributed by atoms with Crippen LogP contribution in [0.15, 0.2) is 105 Å². The second-order valence-electron chi connectivity index (χ2n) is 12.9. The first kappa shape index (κ1) is 32.6. The SMILES string of the molecule is COc1cc(C2C3=CCC4C(=O)N(c5ccc(N=Nc6ccc(N(C)C)cc6)cc5)C(=O)C4C3CC3=C2C(=O)C(C)=CC3=O)cc(I)c1O. The van der Waals surface area contributed by atoms with Gasteiger partial charge in [-0.25, -0.2) is 0 Å². The molecule has 0 bridgehead atoms. The number of carbonyl (C=O) groups is 4. The molecule has 4 atom stereocenters. The number of ketones is 2. The lowest BCUT2D eigenvalue weighted by atomic mass is 9.59. The van der Waals surface area contributed by atoms with Crippen molar-refractivity contribution >= 4 is 68.7 Å². The van der Waals surface area contributed by atoms with Crippen LogP contribution in [0.3, 0.4) is 0 Å². The fourth-order valence-corrected chi connectivity index (χ4v) is 8.14. The van der Waals surface area contributed by atoms with Crippen LogP contribution in [0.1, 0.15) is 31.2 Å². The normalized spacial score (nSPS) is 23.3. The number of rotatable bonds is 6. The molecule has 4 unspecified atom stereocenters. The standard InChI is InChI=1S/C38H33IN4O6/c1-19-15-30(44)28-18-27-25(32(34(28)35(19)45)20-16-29(39)36(46)31(17-20)49-4)13-14-26-33(27)38(48)43(37(26)47)24-11-7-22(8-12-24)41-40-21-5-9-23(10-6-21)42(2)3/h5-13,15-17,26-27,32-33,46H,14,18H2,1-4H3. The van der Waals surface area contributed by atoms with Gasteiger partial charge in [-0.15, -0.1) is 0 Å². The summed E-state index contributed by atoms with van der Waals surface area (Å²) in [6.45, 7) is 1.63. The highest BCUT2D eigenvalue weighted by molar-refractivity contribution is 14.1. The number of imide groups is 1. The molecule has 7 rings (SSSR count). The summed E-state index contributed by atoms with van der Waals surface area (Å²) in [6.07, 6.45) is 3.83. The van der Waals surface area contributed by atoms with E-state index in [-0.39, 0.29) is 41.3 Å². The maximum Gasteiger partial charge on any atom is 0.238 e. The molecule has 2 amide bonds. The third kappa shape index (κ3) is 5.49. The van der Waals surface area contributed by atoms with Gasteiger partial charge < -0.3 is 14.7 Å². The molecule has 3 aromatic carbocycles. The lowest BCUT2D eigenvalue weighted by Crippen LogP contribution is -2.39. The number of nitrogens with zero attached hydrogens (tertiary/aromatic N) is 4. The first-order valence-electron chi connectivity index (χ1n) is 15.9. The first-order chi connectivity index (χ1) is 23.5. The second-order valence-corrected chi connectivity index (χ2v) is 14.1. The number of amides is 2. The number of phenolic OH excluding ortho intramolecular Hbond substituents is 1. The Hall–Kier alpha value is -4.91. The number of fused-ring (bicyclic) bond motifs is 3. The van der Waals surface area contributed by atoms with Gasteiger partial charge in [0.05, 0.1) is 39.6 Å². The van der Waals surface area contributed by atoms with E-state index in [1.165, 1.54) is 18.1 Å². The minimum atomic E-state index is -0.707. The van der Waals surface area contributed by atoms with E-state index in [0.29, 0.717) is 49.3 Å². The number of aromatic hydroxyl groups is 1. The molecule has 49 heavy (non-hydrogen) atoms. The monoisotopic (exact) mass is 768 g/mol. The summed E-state index contributed by atoms with van der Waals surface area (Å²) in [5.41, 5.74) is 5.36. The topological polar surface area (TPSA) is 129 Å². The van der Waals surface area contributed by atoms with Crippen LogP contribution in [-0.4, -0.2) is 49.7 Å². The zero-order chi connectivity index (χ0) is 34.7. The summed E-state index contributed by atoms with van der Waals surface area (Å²) in [5, 5.41) is 19.2. The van der Waals surface area contributed by atoms with E-state index < -0.39 is 23.7 Å². The molecule has 0 radical (unpaired) electrons. The zero-order valence-corrected chi connectivity index (χ0v) is 29.5. The predicted molar refractivity (Wildman–Crippen MR) is 193 cm³/mol. The minimum absolute atomic E-state index is 0.0217. The molecule has 1 fully saturated rings. The van der Waals surface area contributed by atoms with Crippen molar-refractivity contribution in [3.8, 4) is 11.5 Å². The number of benzene rings is 3. The molecular weight excluding hydrogens is 735 g/mol. The van der Waals surface area contributed by atoms with E-state index in [2.05, 4.69) is 10.2 Å². The second kappa shape index (κ2) is 12.5. The third-order valence-electron chi connectivity index (χ3n) is 9.92. The number of azo groups is 1. The number of carbonyl (C=O) groups excluding carboxylic acids is 4. The minimum Gasteiger partial charge on any atom is -0.504 e. The van der Waals surface area contributed by atoms with E-state index in [1.54, 1.807) is 43.3 Å². The molecule has 4 aliphatic rings. The van der Waals surface area contributed by atoms with Gasteiger partial charge in [-0.05, 0) is 121 Å². The number of halogens is 1. The van der Waals surface area contributed by atoms with Crippen molar-refractivity contribution in [3.05, 3.63) is 104 Å². The smallest absolute Gasteiger partial charge is 0.238 e. The molecule has 1 heterocycles. The van der Waals surface area contributed by atoms with Gasteiger partial charge in [0, 0.05) is 42.4 Å². The fraction of sp³-hybridized carbons (Fsp3) is 0.263. The fourth-order valence-electron chi connectivity index (χ4n) is 7.51. The van der Waals surface area contributed by atoms with Crippen molar-refractivity contribution in [1.29, 1.82) is 0 Å². The Morgan fingerprint density at radius 2 is 1.57 bits per heavy atom. The maximum absolute atomic E-state index is 14.3. The number of hydrogen-bond donors (Lipinski definition) is 1. The van der Waals surface area contributed by atoms with Crippen molar-refractivity contribution in [3.63, 3.8) is 0 Å². The third-order valence-corrected chi connectivity index (χ3v) is 10.7. The highest BCUT2D eigenvalue weighted by Crippen LogP contribution is 2.56. The number of anilines is 2. The molecule has 3 aromatic rings. The van der Waals surface area contributed by atoms with Crippen LogP contribution < -0.4 is 14.5 Å². The Labute approximate surface area is 297 Å². The van der Waals surface area contributed by atoms with Crippen LogP contribution in [0.25, 0.3) is 0 Å². The molecule has 248 valence electrons. The molecule has 1 aliphatic heterocycles. The summed E-state index contributed by atoms with van der Waals surface area (Å²) in [7, 11) is 5.38.